The van der Waals surface area contributed by atoms with Gasteiger partial charge in [-0.3, -0.25) is 9.78 Å². The Morgan fingerprint density at radius 3 is 2.76 bits per heavy atom. The minimum absolute atomic E-state index is 0.260. The Kier molecular flexibility index (Phi) is 2.26. The largest absolute Gasteiger partial charge is 0.454 e. The minimum atomic E-state index is 0.260. The monoisotopic (exact) mass is 227 g/mol. The molecule has 0 fully saturated rings. The predicted octanol–water partition coefficient (Wildman–Crippen LogP) is 2.29. The first-order chi connectivity index (χ1) is 8.36. The minimum Gasteiger partial charge on any atom is -0.454 e. The van der Waals surface area contributed by atoms with Gasteiger partial charge in [0.1, 0.15) is 0 Å². The molecule has 1 aromatic carbocycles. The second kappa shape index (κ2) is 3.90. The van der Waals surface area contributed by atoms with E-state index in [-0.39, 0.29) is 6.79 Å². The number of benzene rings is 1. The summed E-state index contributed by atoms with van der Waals surface area (Å²) in [6, 6.07) is 9.19. The number of fused-ring (bicyclic) bond motifs is 1. The predicted molar refractivity (Wildman–Crippen MR) is 61.2 cm³/mol. The molecule has 3 rings (SSSR count). The maximum absolute atomic E-state index is 10.5. The van der Waals surface area contributed by atoms with Crippen molar-refractivity contribution in [1.29, 1.82) is 0 Å². The van der Waals surface area contributed by atoms with E-state index in [1.165, 1.54) is 0 Å². The second-order valence-electron chi connectivity index (χ2n) is 3.66. The lowest BCUT2D eigenvalue weighted by atomic mass is 10.1. The van der Waals surface area contributed by atoms with Gasteiger partial charge in [0.25, 0.3) is 0 Å². The summed E-state index contributed by atoms with van der Waals surface area (Å²) in [5.41, 5.74) is 2.30. The van der Waals surface area contributed by atoms with Gasteiger partial charge in [-0.1, -0.05) is 0 Å². The number of rotatable bonds is 2. The zero-order valence-electron chi connectivity index (χ0n) is 8.92. The van der Waals surface area contributed by atoms with Gasteiger partial charge in [0.15, 0.2) is 17.8 Å². The molecule has 4 nitrogen and oxygen atoms in total. The quantitative estimate of drug-likeness (QED) is 0.738. The standard InChI is InChI=1S/C13H9NO3/c15-7-9-1-3-11(14-6-9)10-2-4-12-13(5-10)17-8-16-12/h1-7H,8H2. The number of aldehydes is 1. The molecular weight excluding hydrogens is 218 g/mol. The van der Waals surface area contributed by atoms with Gasteiger partial charge in [0.05, 0.1) is 5.69 Å². The van der Waals surface area contributed by atoms with Gasteiger partial charge in [-0.2, -0.15) is 0 Å². The van der Waals surface area contributed by atoms with Crippen LogP contribution in [0, 0.1) is 0 Å². The van der Waals surface area contributed by atoms with Crippen LogP contribution in [0.4, 0.5) is 0 Å². The van der Waals surface area contributed by atoms with E-state index in [4.69, 9.17) is 9.47 Å². The molecule has 0 bridgehead atoms. The Morgan fingerprint density at radius 1 is 1.12 bits per heavy atom. The lowest BCUT2D eigenvalue weighted by Crippen LogP contribution is -1.92. The third kappa shape index (κ3) is 1.73. The highest BCUT2D eigenvalue weighted by Crippen LogP contribution is 2.35. The number of hydrogen-bond donors (Lipinski definition) is 0. The molecule has 2 heterocycles. The normalized spacial score (nSPS) is 12.5. The molecule has 17 heavy (non-hydrogen) atoms. The van der Waals surface area contributed by atoms with Crippen LogP contribution in [-0.2, 0) is 0 Å². The molecule has 0 unspecified atom stereocenters. The van der Waals surface area contributed by atoms with Crippen molar-refractivity contribution < 1.29 is 14.3 Å². The lowest BCUT2D eigenvalue weighted by Gasteiger charge is -2.02. The first-order valence-electron chi connectivity index (χ1n) is 5.18. The number of aromatic nitrogens is 1. The van der Waals surface area contributed by atoms with Gasteiger partial charge < -0.3 is 9.47 Å². The summed E-state index contributed by atoms with van der Waals surface area (Å²) in [7, 11) is 0. The Morgan fingerprint density at radius 2 is 2.00 bits per heavy atom. The third-order valence-electron chi connectivity index (χ3n) is 2.59. The zero-order valence-corrected chi connectivity index (χ0v) is 8.92. The summed E-state index contributed by atoms with van der Waals surface area (Å²) in [6.07, 6.45) is 2.32. The van der Waals surface area contributed by atoms with Crippen molar-refractivity contribution in [1.82, 2.24) is 4.98 Å². The number of carbonyl (C=O) groups is 1. The molecule has 1 aromatic heterocycles. The van der Waals surface area contributed by atoms with Crippen LogP contribution in [0.2, 0.25) is 0 Å². The highest BCUT2D eigenvalue weighted by molar-refractivity contribution is 5.75. The second-order valence-corrected chi connectivity index (χ2v) is 3.66. The molecule has 0 saturated carbocycles. The van der Waals surface area contributed by atoms with Crippen molar-refractivity contribution in [3.63, 3.8) is 0 Å². The number of ether oxygens (including phenoxy) is 2. The van der Waals surface area contributed by atoms with Crippen molar-refractivity contribution in [3.8, 4) is 22.8 Å². The molecule has 0 atom stereocenters. The Labute approximate surface area is 97.8 Å². The zero-order chi connectivity index (χ0) is 11.7. The first kappa shape index (κ1) is 9.84. The third-order valence-corrected chi connectivity index (χ3v) is 2.59. The van der Waals surface area contributed by atoms with Gasteiger partial charge in [0.2, 0.25) is 6.79 Å². The number of carbonyl (C=O) groups excluding carboxylic acids is 1. The SMILES string of the molecule is O=Cc1ccc(-c2ccc3c(c2)OCO3)nc1. The van der Waals surface area contributed by atoms with E-state index in [1.54, 1.807) is 18.3 Å². The van der Waals surface area contributed by atoms with Gasteiger partial charge in [-0.25, -0.2) is 0 Å². The summed E-state index contributed by atoms with van der Waals surface area (Å²) < 4.78 is 10.5. The van der Waals surface area contributed by atoms with Gasteiger partial charge in [-0.05, 0) is 30.3 Å². The number of pyridine rings is 1. The smallest absolute Gasteiger partial charge is 0.231 e. The molecular formula is C13H9NO3. The molecule has 0 saturated heterocycles. The summed E-state index contributed by atoms with van der Waals surface area (Å²) in [4.78, 5) is 14.7. The fourth-order valence-corrected chi connectivity index (χ4v) is 1.70. The fraction of sp³-hybridized carbons (Fsp3) is 0.0769. The molecule has 84 valence electrons. The van der Waals surface area contributed by atoms with E-state index in [0.717, 1.165) is 29.0 Å². The summed E-state index contributed by atoms with van der Waals surface area (Å²) in [6.45, 7) is 0.260. The van der Waals surface area contributed by atoms with Crippen LogP contribution in [0.1, 0.15) is 10.4 Å². The van der Waals surface area contributed by atoms with Crippen LogP contribution in [0.25, 0.3) is 11.3 Å². The van der Waals surface area contributed by atoms with E-state index >= 15 is 0 Å². The van der Waals surface area contributed by atoms with Gasteiger partial charge >= 0.3 is 0 Å². The van der Waals surface area contributed by atoms with Gasteiger partial charge in [-0.15, -0.1) is 0 Å². The van der Waals surface area contributed by atoms with Crippen molar-refractivity contribution in [2.75, 3.05) is 6.79 Å². The summed E-state index contributed by atoms with van der Waals surface area (Å²) in [5, 5.41) is 0. The first-order valence-corrected chi connectivity index (χ1v) is 5.18. The van der Waals surface area contributed by atoms with Gasteiger partial charge in [0, 0.05) is 17.3 Å². The topological polar surface area (TPSA) is 48.4 Å². The average molecular weight is 227 g/mol. The van der Waals surface area contributed by atoms with Crippen LogP contribution >= 0.6 is 0 Å². The molecule has 1 aliphatic heterocycles. The van der Waals surface area contributed by atoms with E-state index in [0.29, 0.717) is 5.56 Å². The molecule has 0 spiro atoms. The molecule has 0 N–H and O–H groups in total. The maximum Gasteiger partial charge on any atom is 0.231 e. The van der Waals surface area contributed by atoms with Crippen molar-refractivity contribution in [2.24, 2.45) is 0 Å². The Balaban J connectivity index is 2.00. The number of hydrogen-bond acceptors (Lipinski definition) is 4. The lowest BCUT2D eigenvalue weighted by molar-refractivity contribution is 0.112. The van der Waals surface area contributed by atoms with E-state index in [1.807, 2.05) is 18.2 Å². The highest BCUT2D eigenvalue weighted by Gasteiger charge is 2.13. The van der Waals surface area contributed by atoms with Crippen molar-refractivity contribution >= 4 is 6.29 Å². The maximum atomic E-state index is 10.5. The molecule has 4 heteroatoms. The van der Waals surface area contributed by atoms with E-state index in [2.05, 4.69) is 4.98 Å². The van der Waals surface area contributed by atoms with Crippen molar-refractivity contribution in [3.05, 3.63) is 42.1 Å². The average Bonchev–Trinajstić information content (AvgIpc) is 2.86. The highest BCUT2D eigenvalue weighted by atomic mass is 16.7. The fourth-order valence-electron chi connectivity index (χ4n) is 1.70. The molecule has 2 aromatic rings. The van der Waals surface area contributed by atoms with E-state index in [9.17, 15) is 4.79 Å². The summed E-state index contributed by atoms with van der Waals surface area (Å²) in [5.74, 6) is 1.47. The van der Waals surface area contributed by atoms with Crippen LogP contribution in [0.15, 0.2) is 36.5 Å². The molecule has 0 amide bonds. The van der Waals surface area contributed by atoms with Crippen molar-refractivity contribution in [2.45, 2.75) is 0 Å². The Bertz CT molecular complexity index is 563. The molecule has 0 aliphatic carbocycles. The van der Waals surface area contributed by atoms with Crippen LogP contribution in [0.3, 0.4) is 0 Å². The van der Waals surface area contributed by atoms with Crippen LogP contribution in [-0.4, -0.2) is 18.1 Å². The van der Waals surface area contributed by atoms with E-state index < -0.39 is 0 Å². The number of nitrogens with zero attached hydrogens (tertiary/aromatic N) is 1. The molecule has 1 aliphatic rings. The van der Waals surface area contributed by atoms with Crippen LogP contribution < -0.4 is 9.47 Å². The summed E-state index contributed by atoms with van der Waals surface area (Å²) >= 11 is 0. The Hall–Kier alpha value is -2.36. The van der Waals surface area contributed by atoms with Crippen LogP contribution in [0.5, 0.6) is 11.5 Å². The molecule has 0 radical (unpaired) electrons.